The van der Waals surface area contributed by atoms with Crippen molar-refractivity contribution in [1.82, 2.24) is 10.4 Å². The summed E-state index contributed by atoms with van der Waals surface area (Å²) in [5.74, 6) is -0.204. The average molecular weight is 565 g/mol. The molecule has 0 saturated carbocycles. The number of alkyl halides is 3. The van der Waals surface area contributed by atoms with Crippen LogP contribution in [0, 0.1) is 6.92 Å². The highest BCUT2D eigenvalue weighted by Crippen LogP contribution is 2.55. The van der Waals surface area contributed by atoms with Gasteiger partial charge in [-0.3, -0.25) is 9.63 Å². The van der Waals surface area contributed by atoms with E-state index in [0.29, 0.717) is 23.2 Å². The molecule has 4 nitrogen and oxygen atoms in total. The lowest BCUT2D eigenvalue weighted by Gasteiger charge is -2.32. The molecule has 1 saturated heterocycles. The Morgan fingerprint density at radius 2 is 1.76 bits per heavy atom. The standard InChI is InChI=1S/C29H29Cl2F3N2O2/c1-3-4-12-35-27(37)25-11-10-21(13-19(25)2)26-17-28(29(32,33)34,22-14-23(30)16-24(31)15-22)38-36(26)18-20-8-6-5-7-9-20/h5-11,13-16,26H,3-4,12,17-18H2,1-2H3,(H,35,37). The molecule has 2 unspecified atom stereocenters. The van der Waals surface area contributed by atoms with Gasteiger partial charge >= 0.3 is 6.18 Å². The van der Waals surface area contributed by atoms with Gasteiger partial charge in [0.1, 0.15) is 0 Å². The summed E-state index contributed by atoms with van der Waals surface area (Å²) in [6.07, 6.45) is -3.36. The molecule has 9 heteroatoms. The zero-order valence-electron chi connectivity index (χ0n) is 21.1. The molecule has 1 fully saturated rings. The molecule has 4 rings (SSSR count). The number of nitrogens with one attached hydrogen (secondary N) is 1. The smallest absolute Gasteiger partial charge is 0.352 e. The molecule has 1 N–H and O–H groups in total. The Hall–Kier alpha value is -2.58. The van der Waals surface area contributed by atoms with Gasteiger partial charge in [0.25, 0.3) is 5.91 Å². The van der Waals surface area contributed by atoms with Crippen molar-refractivity contribution in [1.29, 1.82) is 0 Å². The molecule has 0 spiro atoms. The monoisotopic (exact) mass is 564 g/mol. The average Bonchev–Trinajstić information content (AvgIpc) is 3.25. The van der Waals surface area contributed by atoms with Gasteiger partial charge in [0.2, 0.25) is 5.60 Å². The Kier molecular flexibility index (Phi) is 8.72. The van der Waals surface area contributed by atoms with Crippen molar-refractivity contribution in [3.8, 4) is 0 Å². The van der Waals surface area contributed by atoms with Crippen LogP contribution in [0.15, 0.2) is 66.7 Å². The van der Waals surface area contributed by atoms with Gasteiger partial charge in [-0.15, -0.1) is 0 Å². The molecule has 3 aromatic carbocycles. The van der Waals surface area contributed by atoms with Gasteiger partial charge in [-0.25, -0.2) is 0 Å². The molecule has 1 aliphatic rings. The van der Waals surface area contributed by atoms with Gasteiger partial charge in [0.15, 0.2) is 0 Å². The van der Waals surface area contributed by atoms with Crippen molar-refractivity contribution in [2.45, 2.75) is 57.5 Å². The Morgan fingerprint density at radius 1 is 1.08 bits per heavy atom. The maximum atomic E-state index is 14.9. The van der Waals surface area contributed by atoms with Crippen molar-refractivity contribution in [2.24, 2.45) is 0 Å². The number of rotatable bonds is 8. The minimum Gasteiger partial charge on any atom is -0.352 e. The Bertz CT molecular complexity index is 1270. The summed E-state index contributed by atoms with van der Waals surface area (Å²) >= 11 is 12.2. The van der Waals surface area contributed by atoms with Crippen LogP contribution in [0.2, 0.25) is 10.0 Å². The second-order valence-electron chi connectivity index (χ2n) is 9.54. The molecule has 0 radical (unpaired) electrons. The number of carbonyl (C=O) groups excluding carboxylic acids is 1. The van der Waals surface area contributed by atoms with Crippen molar-refractivity contribution in [3.05, 3.63) is 105 Å². The topological polar surface area (TPSA) is 41.6 Å². The van der Waals surface area contributed by atoms with E-state index in [1.165, 1.54) is 23.3 Å². The van der Waals surface area contributed by atoms with Crippen LogP contribution in [0.3, 0.4) is 0 Å². The van der Waals surface area contributed by atoms with Gasteiger partial charge in [0, 0.05) is 35.1 Å². The normalized spacial score (nSPS) is 20.0. The number of aryl methyl sites for hydroxylation is 1. The molecule has 0 bridgehead atoms. The fourth-order valence-electron chi connectivity index (χ4n) is 4.78. The fraction of sp³-hybridized carbons (Fsp3) is 0.345. The third kappa shape index (κ3) is 6.01. The molecule has 1 aliphatic heterocycles. The number of hydroxylamine groups is 2. The maximum Gasteiger partial charge on any atom is 0.423 e. The minimum atomic E-state index is -4.77. The Morgan fingerprint density at radius 3 is 2.37 bits per heavy atom. The molecule has 38 heavy (non-hydrogen) atoms. The summed E-state index contributed by atoms with van der Waals surface area (Å²) in [4.78, 5) is 18.5. The van der Waals surface area contributed by atoms with E-state index in [0.717, 1.165) is 18.4 Å². The fourth-order valence-corrected chi connectivity index (χ4v) is 5.30. The summed E-state index contributed by atoms with van der Waals surface area (Å²) in [6.45, 7) is 4.50. The lowest BCUT2D eigenvalue weighted by molar-refractivity contribution is -0.330. The summed E-state index contributed by atoms with van der Waals surface area (Å²) in [6, 6.07) is 17.4. The van der Waals surface area contributed by atoms with Crippen molar-refractivity contribution >= 4 is 29.1 Å². The number of nitrogens with zero attached hydrogens (tertiary/aromatic N) is 1. The van der Waals surface area contributed by atoms with Gasteiger partial charge in [-0.2, -0.15) is 18.2 Å². The Labute approximate surface area is 230 Å². The Balaban J connectivity index is 1.75. The molecule has 3 aromatic rings. The van der Waals surface area contributed by atoms with E-state index >= 15 is 0 Å². The lowest BCUT2D eigenvalue weighted by Crippen LogP contribution is -2.43. The van der Waals surface area contributed by atoms with Crippen LogP contribution < -0.4 is 5.32 Å². The second kappa shape index (κ2) is 11.7. The van der Waals surface area contributed by atoms with Gasteiger partial charge in [0.05, 0.1) is 6.04 Å². The molecular weight excluding hydrogens is 536 g/mol. The van der Waals surface area contributed by atoms with Crippen LogP contribution in [0.25, 0.3) is 0 Å². The number of amides is 1. The van der Waals surface area contributed by atoms with Gasteiger partial charge in [-0.05, 0) is 59.9 Å². The first-order valence-electron chi connectivity index (χ1n) is 12.5. The predicted molar refractivity (Wildman–Crippen MR) is 143 cm³/mol. The summed E-state index contributed by atoms with van der Waals surface area (Å²) < 4.78 is 44.6. The van der Waals surface area contributed by atoms with Crippen LogP contribution in [0.5, 0.6) is 0 Å². The second-order valence-corrected chi connectivity index (χ2v) is 10.4. The molecule has 1 amide bonds. The quantitative estimate of drug-likeness (QED) is 0.280. The predicted octanol–water partition coefficient (Wildman–Crippen LogP) is 8.17. The lowest BCUT2D eigenvalue weighted by atomic mass is 9.85. The molecule has 0 aliphatic carbocycles. The van der Waals surface area contributed by atoms with Crippen LogP contribution in [0.1, 0.15) is 64.8 Å². The van der Waals surface area contributed by atoms with Crippen molar-refractivity contribution in [3.63, 3.8) is 0 Å². The first-order chi connectivity index (χ1) is 18.0. The highest BCUT2D eigenvalue weighted by molar-refractivity contribution is 6.34. The van der Waals surface area contributed by atoms with E-state index in [-0.39, 0.29) is 28.1 Å². The summed E-state index contributed by atoms with van der Waals surface area (Å²) in [7, 11) is 0. The van der Waals surface area contributed by atoms with Crippen molar-refractivity contribution in [2.75, 3.05) is 6.54 Å². The van der Waals surface area contributed by atoms with Gasteiger partial charge in [-0.1, -0.05) is 79.0 Å². The minimum absolute atomic E-state index is 0.0899. The molecule has 1 heterocycles. The number of carbonyl (C=O) groups is 1. The molecular formula is C29H29Cl2F3N2O2. The third-order valence-electron chi connectivity index (χ3n) is 6.77. The number of halogens is 5. The van der Waals surface area contributed by atoms with E-state index in [4.69, 9.17) is 28.0 Å². The van der Waals surface area contributed by atoms with Crippen molar-refractivity contribution < 1.29 is 22.8 Å². The highest BCUT2D eigenvalue weighted by Gasteiger charge is 2.64. The van der Waals surface area contributed by atoms with Crippen LogP contribution in [-0.4, -0.2) is 23.7 Å². The zero-order chi connectivity index (χ0) is 27.5. The van der Waals surface area contributed by atoms with Crippen LogP contribution >= 0.6 is 23.2 Å². The molecule has 2 atom stereocenters. The van der Waals surface area contributed by atoms with E-state index in [9.17, 15) is 18.0 Å². The third-order valence-corrected chi connectivity index (χ3v) is 7.20. The molecule has 202 valence electrons. The summed E-state index contributed by atoms with van der Waals surface area (Å²) in [5.41, 5.74) is -0.253. The maximum absolute atomic E-state index is 14.9. The highest BCUT2D eigenvalue weighted by atomic mass is 35.5. The number of hydrogen-bond acceptors (Lipinski definition) is 3. The number of benzene rings is 3. The number of unbranched alkanes of at least 4 members (excludes halogenated alkanes) is 1. The summed E-state index contributed by atoms with van der Waals surface area (Å²) in [5, 5.41) is 4.44. The van der Waals surface area contributed by atoms with Crippen LogP contribution in [-0.2, 0) is 17.0 Å². The molecule has 0 aromatic heterocycles. The largest absolute Gasteiger partial charge is 0.423 e. The SMILES string of the molecule is CCCCNC(=O)c1ccc(C2CC(c3cc(Cl)cc(Cl)c3)(C(F)(F)F)ON2Cc2ccccc2)cc1C. The zero-order valence-corrected chi connectivity index (χ0v) is 22.6. The number of hydrogen-bond donors (Lipinski definition) is 1. The van der Waals surface area contributed by atoms with E-state index in [1.807, 2.05) is 37.3 Å². The first-order valence-corrected chi connectivity index (χ1v) is 13.2. The van der Waals surface area contributed by atoms with E-state index in [2.05, 4.69) is 5.32 Å². The van der Waals surface area contributed by atoms with Gasteiger partial charge < -0.3 is 5.32 Å². The first kappa shape index (κ1) is 28.4. The van der Waals surface area contributed by atoms with Crippen LogP contribution in [0.4, 0.5) is 13.2 Å². The van der Waals surface area contributed by atoms with E-state index in [1.54, 1.807) is 25.1 Å². The van der Waals surface area contributed by atoms with E-state index < -0.39 is 24.2 Å².